The zero-order valence-corrected chi connectivity index (χ0v) is 20.7. The van der Waals surface area contributed by atoms with Gasteiger partial charge in [-0.25, -0.2) is 4.79 Å². The number of unbranched alkanes of at least 4 members (excludes halogenated alkanes) is 11. The van der Waals surface area contributed by atoms with E-state index in [1.54, 1.807) is 6.92 Å². The Labute approximate surface area is 195 Å². The molecule has 1 amide bonds. The number of ether oxygens (including phenoxy) is 2. The predicted octanol–water partition coefficient (Wildman–Crippen LogP) is 5.86. The summed E-state index contributed by atoms with van der Waals surface area (Å²) >= 11 is 0. The predicted molar refractivity (Wildman–Crippen MR) is 127 cm³/mol. The average molecular weight is 454 g/mol. The molecule has 1 saturated heterocycles. The van der Waals surface area contributed by atoms with Crippen LogP contribution in [0.5, 0.6) is 0 Å². The summed E-state index contributed by atoms with van der Waals surface area (Å²) in [5.41, 5.74) is 0. The van der Waals surface area contributed by atoms with Crippen LogP contribution in [0.3, 0.4) is 0 Å². The number of nitrogens with one attached hydrogen (secondary N) is 1. The molecule has 1 rings (SSSR count). The Kier molecular flexibility index (Phi) is 15.9. The van der Waals surface area contributed by atoms with Gasteiger partial charge < -0.3 is 14.8 Å². The third-order valence-electron chi connectivity index (χ3n) is 6.47. The summed E-state index contributed by atoms with van der Waals surface area (Å²) in [6.07, 6.45) is 17.9. The Balaban J connectivity index is 2.42. The number of carbonyl (C=O) groups is 3. The molecule has 186 valence electrons. The van der Waals surface area contributed by atoms with Crippen molar-refractivity contribution in [1.82, 2.24) is 5.32 Å². The quantitative estimate of drug-likeness (QED) is 0.134. The number of amides is 1. The van der Waals surface area contributed by atoms with Crippen LogP contribution in [0.4, 0.5) is 0 Å². The van der Waals surface area contributed by atoms with Crippen LogP contribution in [0.25, 0.3) is 0 Å². The lowest BCUT2D eigenvalue weighted by molar-refractivity contribution is -0.190. The molecule has 0 aromatic rings. The van der Waals surface area contributed by atoms with E-state index in [1.165, 1.54) is 57.8 Å². The van der Waals surface area contributed by atoms with Crippen molar-refractivity contribution in [1.29, 1.82) is 0 Å². The van der Waals surface area contributed by atoms with Crippen LogP contribution in [0.1, 0.15) is 124 Å². The molecule has 1 fully saturated rings. The van der Waals surface area contributed by atoms with E-state index in [0.717, 1.165) is 38.5 Å². The minimum atomic E-state index is -0.674. The molecular formula is C26H47NO5. The second kappa shape index (κ2) is 17.9. The molecule has 0 saturated carbocycles. The summed E-state index contributed by atoms with van der Waals surface area (Å²) in [5.74, 6) is -0.607. The fraction of sp³-hybridized carbons (Fsp3) is 0.885. The maximum Gasteiger partial charge on any atom is 0.328 e. The summed E-state index contributed by atoms with van der Waals surface area (Å²) in [5, 5.41) is 2.45. The van der Waals surface area contributed by atoms with E-state index >= 15 is 0 Å². The van der Waals surface area contributed by atoms with Gasteiger partial charge in [-0.15, -0.1) is 0 Å². The lowest BCUT2D eigenvalue weighted by Gasteiger charge is -2.37. The largest absolute Gasteiger partial charge is 0.461 e. The average Bonchev–Trinajstić information content (AvgIpc) is 2.77. The normalized spacial score (nSPS) is 19.5. The van der Waals surface area contributed by atoms with Gasteiger partial charge >= 0.3 is 11.9 Å². The van der Waals surface area contributed by atoms with Crippen LogP contribution in [0, 0.1) is 5.92 Å². The van der Waals surface area contributed by atoms with Crippen LogP contribution in [-0.2, 0) is 23.9 Å². The van der Waals surface area contributed by atoms with Crippen molar-refractivity contribution in [3.63, 3.8) is 0 Å². The first kappa shape index (κ1) is 28.4. The van der Waals surface area contributed by atoms with Crippen molar-refractivity contribution >= 4 is 18.3 Å². The van der Waals surface area contributed by atoms with Crippen molar-refractivity contribution in [3.8, 4) is 0 Å². The Morgan fingerprint density at radius 2 is 1.53 bits per heavy atom. The van der Waals surface area contributed by atoms with E-state index in [0.29, 0.717) is 12.8 Å². The Bertz CT molecular complexity index is 524. The zero-order valence-electron chi connectivity index (χ0n) is 20.7. The number of cyclic esters (lactones) is 1. The molecule has 1 aliphatic heterocycles. The lowest BCUT2D eigenvalue weighted by atomic mass is 9.86. The molecule has 0 radical (unpaired) electrons. The van der Waals surface area contributed by atoms with Gasteiger partial charge in [0.1, 0.15) is 18.2 Å². The van der Waals surface area contributed by atoms with Crippen LogP contribution >= 0.6 is 0 Å². The van der Waals surface area contributed by atoms with Gasteiger partial charge in [0.15, 0.2) is 0 Å². The van der Waals surface area contributed by atoms with Gasteiger partial charge in [-0.05, 0) is 26.2 Å². The summed E-state index contributed by atoms with van der Waals surface area (Å²) in [4.78, 5) is 35.0. The monoisotopic (exact) mass is 453 g/mol. The molecule has 6 heteroatoms. The smallest absolute Gasteiger partial charge is 0.328 e. The first-order valence-corrected chi connectivity index (χ1v) is 13.1. The highest BCUT2D eigenvalue weighted by atomic mass is 16.6. The van der Waals surface area contributed by atoms with Gasteiger partial charge in [-0.2, -0.15) is 0 Å². The minimum Gasteiger partial charge on any atom is -0.461 e. The first-order valence-electron chi connectivity index (χ1n) is 13.1. The van der Waals surface area contributed by atoms with Crippen LogP contribution in [-0.4, -0.2) is 36.6 Å². The molecule has 0 bridgehead atoms. The fourth-order valence-corrected chi connectivity index (χ4v) is 4.31. The minimum absolute atomic E-state index is 0.0677. The molecule has 1 aliphatic rings. The standard InChI is InChI=1S/C26H47NO5/c1-4-6-8-10-11-12-14-16-18-23-24(32-26(23)30)19-22(17-15-13-9-7-5-2)31-25(29)21(3)27-20-28/h20-24H,4-19H2,1-3H3,(H,27,28). The highest BCUT2D eigenvalue weighted by Gasteiger charge is 2.43. The van der Waals surface area contributed by atoms with Gasteiger partial charge in [-0.1, -0.05) is 90.9 Å². The highest BCUT2D eigenvalue weighted by Crippen LogP contribution is 2.32. The molecule has 6 nitrogen and oxygen atoms in total. The van der Waals surface area contributed by atoms with Crippen LogP contribution in [0.15, 0.2) is 0 Å². The van der Waals surface area contributed by atoms with Gasteiger partial charge in [0.2, 0.25) is 6.41 Å². The second-order valence-electron chi connectivity index (χ2n) is 9.35. The van der Waals surface area contributed by atoms with Crippen molar-refractivity contribution in [2.24, 2.45) is 5.92 Å². The number of rotatable bonds is 21. The van der Waals surface area contributed by atoms with Crippen molar-refractivity contribution < 1.29 is 23.9 Å². The third kappa shape index (κ3) is 11.9. The number of carbonyl (C=O) groups excluding carboxylic acids is 3. The highest BCUT2D eigenvalue weighted by molar-refractivity contribution is 5.79. The Hall–Kier alpha value is -1.59. The molecule has 1 N–H and O–H groups in total. The lowest BCUT2D eigenvalue weighted by Crippen LogP contribution is -2.47. The van der Waals surface area contributed by atoms with Crippen LogP contribution < -0.4 is 5.32 Å². The number of esters is 2. The fourth-order valence-electron chi connectivity index (χ4n) is 4.31. The topological polar surface area (TPSA) is 81.7 Å². The molecule has 0 aromatic heterocycles. The first-order chi connectivity index (χ1) is 15.5. The van der Waals surface area contributed by atoms with Gasteiger partial charge in [0.25, 0.3) is 0 Å². The maximum atomic E-state index is 12.3. The molecule has 1 heterocycles. The summed E-state index contributed by atoms with van der Waals surface area (Å²) in [7, 11) is 0. The summed E-state index contributed by atoms with van der Waals surface area (Å²) in [6, 6.07) is -0.674. The number of hydrogen-bond donors (Lipinski definition) is 1. The molecule has 4 atom stereocenters. The Morgan fingerprint density at radius 3 is 2.09 bits per heavy atom. The van der Waals surface area contributed by atoms with Crippen molar-refractivity contribution in [2.75, 3.05) is 0 Å². The maximum absolute atomic E-state index is 12.3. The SMILES string of the molecule is CCCCCCCCCCC1C(=O)OC1CC(CCCCCCC)OC(=O)C(C)NC=O. The second-order valence-corrected chi connectivity index (χ2v) is 9.35. The zero-order chi connectivity index (χ0) is 23.6. The van der Waals surface area contributed by atoms with Gasteiger partial charge in [-0.3, -0.25) is 9.59 Å². The summed E-state index contributed by atoms with van der Waals surface area (Å²) < 4.78 is 11.1. The molecule has 32 heavy (non-hydrogen) atoms. The molecular weight excluding hydrogens is 406 g/mol. The molecule has 4 unspecified atom stereocenters. The molecule has 0 spiro atoms. The van der Waals surface area contributed by atoms with E-state index in [9.17, 15) is 14.4 Å². The van der Waals surface area contributed by atoms with Crippen molar-refractivity contribution in [3.05, 3.63) is 0 Å². The van der Waals surface area contributed by atoms with E-state index in [2.05, 4.69) is 19.2 Å². The third-order valence-corrected chi connectivity index (χ3v) is 6.47. The van der Waals surface area contributed by atoms with E-state index in [-0.39, 0.29) is 24.1 Å². The van der Waals surface area contributed by atoms with E-state index < -0.39 is 12.0 Å². The summed E-state index contributed by atoms with van der Waals surface area (Å²) in [6.45, 7) is 6.03. The van der Waals surface area contributed by atoms with Gasteiger partial charge in [0.05, 0.1) is 5.92 Å². The van der Waals surface area contributed by atoms with E-state index in [4.69, 9.17) is 9.47 Å². The molecule has 0 aromatic carbocycles. The van der Waals surface area contributed by atoms with Crippen molar-refractivity contribution in [2.45, 2.75) is 142 Å². The van der Waals surface area contributed by atoms with Gasteiger partial charge in [0, 0.05) is 6.42 Å². The molecule has 0 aliphatic carbocycles. The van der Waals surface area contributed by atoms with E-state index in [1.807, 2.05) is 0 Å². The Morgan fingerprint density at radius 1 is 0.969 bits per heavy atom. The van der Waals surface area contributed by atoms with Crippen LogP contribution in [0.2, 0.25) is 0 Å². The number of hydrogen-bond acceptors (Lipinski definition) is 5.